The van der Waals surface area contributed by atoms with Gasteiger partial charge in [-0.05, 0) is 0 Å². The number of aromatic nitrogens is 2. The second kappa shape index (κ2) is 5.16. The molecule has 0 bridgehead atoms. The summed E-state index contributed by atoms with van der Waals surface area (Å²) in [6, 6.07) is -1.23. The van der Waals surface area contributed by atoms with Crippen molar-refractivity contribution in [3.63, 3.8) is 0 Å². The van der Waals surface area contributed by atoms with Crippen LogP contribution in [-0.4, -0.2) is 53.0 Å². The quantitative estimate of drug-likeness (QED) is 0.701. The molecule has 20 heavy (non-hydrogen) atoms. The number of hydrogen-bond acceptors (Lipinski definition) is 5. The lowest BCUT2D eigenvalue weighted by Crippen LogP contribution is -2.55. The van der Waals surface area contributed by atoms with Gasteiger partial charge in [0, 0.05) is 19.2 Å². The Balaban J connectivity index is 2.49. The highest BCUT2D eigenvalue weighted by Crippen LogP contribution is 2.30. The van der Waals surface area contributed by atoms with Crippen molar-refractivity contribution in [2.45, 2.75) is 19.9 Å². The second-order valence-corrected chi connectivity index (χ2v) is 5.52. The SMILES string of the molecule is CC(C)C[N+]1(c2cnccn2)CC(C(=O)[O-])N(C)C1=O. The Kier molecular flexibility index (Phi) is 3.71. The van der Waals surface area contributed by atoms with E-state index in [1.807, 2.05) is 13.8 Å². The summed E-state index contributed by atoms with van der Waals surface area (Å²) in [5.41, 5.74) is 0. The number of urea groups is 1. The molecular formula is C13H18N4O3. The Bertz CT molecular complexity index is 520. The monoisotopic (exact) mass is 278 g/mol. The van der Waals surface area contributed by atoms with Gasteiger partial charge in [-0.2, -0.15) is 4.48 Å². The van der Waals surface area contributed by atoms with Crippen LogP contribution in [0, 0.1) is 5.92 Å². The largest absolute Gasteiger partial charge is 0.548 e. The van der Waals surface area contributed by atoms with Gasteiger partial charge in [-0.15, -0.1) is 0 Å². The second-order valence-electron chi connectivity index (χ2n) is 5.52. The summed E-state index contributed by atoms with van der Waals surface area (Å²) >= 11 is 0. The number of likely N-dealkylation sites (N-methyl/N-ethyl adjacent to an activating group) is 1. The van der Waals surface area contributed by atoms with Crippen LogP contribution in [0.15, 0.2) is 18.6 Å². The number of amides is 2. The first kappa shape index (κ1) is 14.4. The first-order valence-corrected chi connectivity index (χ1v) is 6.50. The average molecular weight is 278 g/mol. The van der Waals surface area contributed by atoms with Crippen LogP contribution < -0.4 is 9.59 Å². The molecule has 2 atom stereocenters. The Labute approximate surface area is 117 Å². The van der Waals surface area contributed by atoms with E-state index >= 15 is 0 Å². The minimum Gasteiger partial charge on any atom is -0.548 e. The minimum absolute atomic E-state index is 0.120. The lowest BCUT2D eigenvalue weighted by atomic mass is 10.1. The number of aliphatic carboxylic acids is 1. The first-order valence-electron chi connectivity index (χ1n) is 6.50. The van der Waals surface area contributed by atoms with E-state index < -0.39 is 12.0 Å². The summed E-state index contributed by atoms with van der Waals surface area (Å²) in [4.78, 5) is 33.3. The summed E-state index contributed by atoms with van der Waals surface area (Å²) < 4.78 is -0.124. The van der Waals surface area contributed by atoms with Gasteiger partial charge in [0.2, 0.25) is 0 Å². The van der Waals surface area contributed by atoms with Gasteiger partial charge in [0.05, 0.1) is 18.7 Å². The molecule has 0 aliphatic carbocycles. The number of rotatable bonds is 4. The lowest BCUT2D eigenvalue weighted by molar-refractivity contribution is -0.309. The highest BCUT2D eigenvalue weighted by Gasteiger charge is 2.54. The van der Waals surface area contributed by atoms with E-state index in [1.165, 1.54) is 30.5 Å². The van der Waals surface area contributed by atoms with Crippen molar-refractivity contribution in [3.05, 3.63) is 18.6 Å². The molecule has 2 amide bonds. The maximum Gasteiger partial charge on any atom is 0.426 e. The molecule has 1 fully saturated rings. The van der Waals surface area contributed by atoms with Crippen LogP contribution in [0.4, 0.5) is 10.6 Å². The fraction of sp³-hybridized carbons (Fsp3) is 0.538. The van der Waals surface area contributed by atoms with E-state index in [1.54, 1.807) is 0 Å². The molecule has 2 heterocycles. The molecule has 0 N–H and O–H groups in total. The summed E-state index contributed by atoms with van der Waals surface area (Å²) in [7, 11) is 1.49. The summed E-state index contributed by atoms with van der Waals surface area (Å²) in [6.07, 6.45) is 4.55. The molecule has 1 saturated heterocycles. The predicted molar refractivity (Wildman–Crippen MR) is 70.4 cm³/mol. The number of carboxylic acid groups (broad SMARTS) is 1. The number of carbonyl (C=O) groups excluding carboxylic acids is 2. The van der Waals surface area contributed by atoms with Crippen molar-refractivity contribution in [1.29, 1.82) is 0 Å². The highest BCUT2D eigenvalue weighted by atomic mass is 16.4. The zero-order chi connectivity index (χ0) is 14.9. The molecule has 2 unspecified atom stereocenters. The van der Waals surface area contributed by atoms with Crippen molar-refractivity contribution in [3.8, 4) is 0 Å². The zero-order valence-corrected chi connectivity index (χ0v) is 11.8. The number of quaternary nitrogens is 1. The average Bonchev–Trinajstić information content (AvgIpc) is 2.65. The van der Waals surface area contributed by atoms with Crippen LogP contribution in [0.5, 0.6) is 0 Å². The smallest absolute Gasteiger partial charge is 0.426 e. The van der Waals surface area contributed by atoms with Crippen LogP contribution in [0.2, 0.25) is 0 Å². The maximum atomic E-state index is 12.6. The normalized spacial score (nSPS) is 26.3. The third kappa shape index (κ3) is 2.24. The van der Waals surface area contributed by atoms with Crippen molar-refractivity contribution < 1.29 is 14.7 Å². The highest BCUT2D eigenvalue weighted by molar-refractivity contribution is 5.93. The zero-order valence-electron chi connectivity index (χ0n) is 11.8. The molecule has 1 aromatic heterocycles. The Hall–Kier alpha value is -2.02. The van der Waals surface area contributed by atoms with Gasteiger partial charge in [-0.25, -0.2) is 9.78 Å². The van der Waals surface area contributed by atoms with Crippen molar-refractivity contribution >= 4 is 17.8 Å². The summed E-state index contributed by atoms with van der Waals surface area (Å²) in [5.74, 6) is -0.565. The Morgan fingerprint density at radius 3 is 2.70 bits per heavy atom. The van der Waals surface area contributed by atoms with Gasteiger partial charge in [0.1, 0.15) is 18.8 Å². The van der Waals surface area contributed by atoms with Crippen LogP contribution >= 0.6 is 0 Å². The number of nitrogens with zero attached hydrogens (tertiary/aromatic N) is 4. The Morgan fingerprint density at radius 1 is 1.55 bits per heavy atom. The molecule has 2 rings (SSSR count). The minimum atomic E-state index is -1.24. The van der Waals surface area contributed by atoms with Crippen LogP contribution in [0.3, 0.4) is 0 Å². The summed E-state index contributed by atoms with van der Waals surface area (Å²) in [6.45, 7) is 4.56. The van der Waals surface area contributed by atoms with Gasteiger partial charge >= 0.3 is 6.03 Å². The van der Waals surface area contributed by atoms with Crippen molar-refractivity contribution in [2.24, 2.45) is 5.92 Å². The molecular weight excluding hydrogens is 260 g/mol. The van der Waals surface area contributed by atoms with E-state index in [-0.39, 0.29) is 23.0 Å². The molecule has 108 valence electrons. The van der Waals surface area contributed by atoms with Crippen LogP contribution in [0.1, 0.15) is 13.8 Å². The fourth-order valence-electron chi connectivity index (χ4n) is 2.74. The molecule has 7 nitrogen and oxygen atoms in total. The van der Waals surface area contributed by atoms with Gasteiger partial charge in [-0.3, -0.25) is 9.88 Å². The number of hydrogen-bond donors (Lipinski definition) is 0. The topological polar surface area (TPSA) is 86.2 Å². The third-order valence-corrected chi connectivity index (χ3v) is 3.56. The third-order valence-electron chi connectivity index (χ3n) is 3.56. The molecule has 1 aromatic rings. The van der Waals surface area contributed by atoms with E-state index in [4.69, 9.17) is 0 Å². The molecule has 0 spiro atoms. The predicted octanol–water partition coefficient (Wildman–Crippen LogP) is -0.376. The van der Waals surface area contributed by atoms with Gasteiger partial charge < -0.3 is 9.90 Å². The van der Waals surface area contributed by atoms with Gasteiger partial charge in [-0.1, -0.05) is 13.8 Å². The van der Waals surface area contributed by atoms with Gasteiger partial charge in [0.25, 0.3) is 5.82 Å². The fourth-order valence-corrected chi connectivity index (χ4v) is 2.74. The van der Waals surface area contributed by atoms with Crippen molar-refractivity contribution in [2.75, 3.05) is 20.1 Å². The molecule has 0 radical (unpaired) electrons. The standard InChI is InChI=1S/C13H18N4O3/c1-9(2)7-17(11-6-14-4-5-15-11)8-10(12(18)19)16(3)13(17)20/h4-6,9-10H,7-8H2,1-3H3. The van der Waals surface area contributed by atoms with Crippen LogP contribution in [0.25, 0.3) is 0 Å². The Morgan fingerprint density at radius 2 is 2.25 bits per heavy atom. The molecule has 1 aliphatic heterocycles. The van der Waals surface area contributed by atoms with Crippen molar-refractivity contribution in [1.82, 2.24) is 19.4 Å². The van der Waals surface area contributed by atoms with E-state index in [0.29, 0.717) is 12.4 Å². The maximum absolute atomic E-state index is 12.6. The first-order chi connectivity index (χ1) is 9.38. The summed E-state index contributed by atoms with van der Waals surface area (Å²) in [5, 5.41) is 11.2. The van der Waals surface area contributed by atoms with E-state index in [2.05, 4.69) is 9.97 Å². The number of carbonyl (C=O) groups is 2. The molecule has 0 aromatic carbocycles. The van der Waals surface area contributed by atoms with Crippen LogP contribution in [-0.2, 0) is 4.79 Å². The van der Waals surface area contributed by atoms with E-state index in [0.717, 1.165) is 0 Å². The van der Waals surface area contributed by atoms with Gasteiger partial charge in [0.15, 0.2) is 0 Å². The lowest BCUT2D eigenvalue weighted by Gasteiger charge is -2.30. The molecule has 7 heteroatoms. The molecule has 1 aliphatic rings. The number of carboxylic acids is 1. The molecule has 0 saturated carbocycles. The van der Waals surface area contributed by atoms with E-state index in [9.17, 15) is 14.7 Å².